The highest BCUT2D eigenvalue weighted by molar-refractivity contribution is 5.94. The van der Waals surface area contributed by atoms with E-state index in [-0.39, 0.29) is 18.4 Å². The molecule has 2 aromatic carbocycles. The van der Waals surface area contributed by atoms with Crippen LogP contribution >= 0.6 is 0 Å². The Morgan fingerprint density at radius 3 is 2.72 bits per heavy atom. The molecule has 154 valence electrons. The number of anilines is 1. The number of amides is 1. The molecular weight excluding hydrogens is 368 g/mol. The molecule has 0 fully saturated rings. The summed E-state index contributed by atoms with van der Waals surface area (Å²) in [4.78, 5) is 16.5. The molecule has 2 unspecified atom stereocenters. The lowest BCUT2D eigenvalue weighted by molar-refractivity contribution is -0.116. The minimum absolute atomic E-state index is 0.0207. The molecule has 1 aliphatic rings. The molecule has 1 amide bonds. The van der Waals surface area contributed by atoms with Gasteiger partial charge in [0.2, 0.25) is 5.91 Å². The van der Waals surface area contributed by atoms with Crippen molar-refractivity contribution >= 4 is 17.6 Å². The summed E-state index contributed by atoms with van der Waals surface area (Å²) in [5, 5.41) is 19.8. The van der Waals surface area contributed by atoms with Gasteiger partial charge < -0.3 is 25.8 Å². The summed E-state index contributed by atoms with van der Waals surface area (Å²) in [5.41, 5.74) is 2.77. The fourth-order valence-electron chi connectivity index (χ4n) is 3.35. The van der Waals surface area contributed by atoms with Crippen LogP contribution in [0.25, 0.3) is 0 Å². The summed E-state index contributed by atoms with van der Waals surface area (Å²) >= 11 is 0. The Balaban J connectivity index is 1.63. The van der Waals surface area contributed by atoms with Crippen LogP contribution < -0.4 is 20.7 Å². The van der Waals surface area contributed by atoms with Crippen molar-refractivity contribution in [1.82, 2.24) is 10.6 Å². The molecule has 0 saturated heterocycles. The zero-order chi connectivity index (χ0) is 20.6. The number of aliphatic hydroxyl groups is 1. The number of hydrogen-bond donors (Lipinski definition) is 4. The average molecular weight is 396 g/mol. The number of methoxy groups -OCH3 is 1. The van der Waals surface area contributed by atoms with E-state index in [1.54, 1.807) is 7.11 Å². The normalized spacial score (nSPS) is 17.1. The third-order valence-corrected chi connectivity index (χ3v) is 4.89. The number of aliphatic hydroxyl groups excluding tert-OH is 1. The first-order valence-corrected chi connectivity index (χ1v) is 9.83. The Morgan fingerprint density at radius 2 is 2.00 bits per heavy atom. The molecule has 1 aliphatic heterocycles. The van der Waals surface area contributed by atoms with Crippen LogP contribution in [0.3, 0.4) is 0 Å². The van der Waals surface area contributed by atoms with Gasteiger partial charge in [-0.25, -0.2) is 0 Å². The summed E-state index contributed by atoms with van der Waals surface area (Å²) in [6, 6.07) is 15.2. The number of para-hydroxylation sites is 1. The van der Waals surface area contributed by atoms with Crippen LogP contribution in [0, 0.1) is 0 Å². The molecular formula is C22H28N4O3. The van der Waals surface area contributed by atoms with Crippen molar-refractivity contribution < 1.29 is 14.6 Å². The van der Waals surface area contributed by atoms with Gasteiger partial charge in [-0.15, -0.1) is 0 Å². The molecule has 7 heteroatoms. The lowest BCUT2D eigenvalue weighted by atomic mass is 9.90. The maximum absolute atomic E-state index is 12.0. The Labute approximate surface area is 171 Å². The molecule has 4 N–H and O–H groups in total. The Kier molecular flexibility index (Phi) is 7.08. The van der Waals surface area contributed by atoms with Crippen molar-refractivity contribution in [2.45, 2.75) is 25.4 Å². The van der Waals surface area contributed by atoms with E-state index >= 15 is 0 Å². The number of aliphatic imine (C=N–C) groups is 1. The van der Waals surface area contributed by atoms with E-state index in [0.717, 1.165) is 22.6 Å². The molecule has 0 aromatic heterocycles. The predicted molar refractivity (Wildman–Crippen MR) is 114 cm³/mol. The summed E-state index contributed by atoms with van der Waals surface area (Å²) in [7, 11) is 1.61. The Bertz CT molecular complexity index is 851. The van der Waals surface area contributed by atoms with Crippen molar-refractivity contribution in [3.63, 3.8) is 0 Å². The average Bonchev–Trinajstić information content (AvgIpc) is 2.75. The van der Waals surface area contributed by atoms with E-state index in [0.29, 0.717) is 25.5 Å². The lowest BCUT2D eigenvalue weighted by Crippen LogP contribution is -2.41. The van der Waals surface area contributed by atoms with Gasteiger partial charge in [-0.1, -0.05) is 30.3 Å². The summed E-state index contributed by atoms with van der Waals surface area (Å²) < 4.78 is 5.14. The second kappa shape index (κ2) is 9.93. The molecule has 0 aliphatic carbocycles. The molecule has 0 radical (unpaired) electrons. The van der Waals surface area contributed by atoms with Crippen molar-refractivity contribution in [2.75, 3.05) is 32.1 Å². The quantitative estimate of drug-likeness (QED) is 0.426. The maximum atomic E-state index is 12.0. The van der Waals surface area contributed by atoms with Crippen molar-refractivity contribution in [3.8, 4) is 5.75 Å². The summed E-state index contributed by atoms with van der Waals surface area (Å²) in [6.07, 6.45) is -0.282. The first kappa shape index (κ1) is 20.7. The van der Waals surface area contributed by atoms with E-state index in [4.69, 9.17) is 4.74 Å². The van der Waals surface area contributed by atoms with Crippen LogP contribution in [0.15, 0.2) is 53.5 Å². The molecule has 29 heavy (non-hydrogen) atoms. The first-order chi connectivity index (χ1) is 14.1. The van der Waals surface area contributed by atoms with E-state index < -0.39 is 6.10 Å². The van der Waals surface area contributed by atoms with Crippen molar-refractivity contribution in [1.29, 1.82) is 0 Å². The molecule has 0 spiro atoms. The fourth-order valence-corrected chi connectivity index (χ4v) is 3.35. The van der Waals surface area contributed by atoms with Gasteiger partial charge in [-0.05, 0) is 36.2 Å². The van der Waals surface area contributed by atoms with E-state index in [9.17, 15) is 9.90 Å². The number of nitrogens with one attached hydrogen (secondary N) is 3. The Hall–Kier alpha value is -3.06. The highest BCUT2D eigenvalue weighted by Crippen LogP contribution is 2.31. The monoisotopic (exact) mass is 396 g/mol. The highest BCUT2D eigenvalue weighted by atomic mass is 16.5. The number of benzene rings is 2. The minimum atomic E-state index is -0.711. The molecule has 7 nitrogen and oxygen atoms in total. The van der Waals surface area contributed by atoms with Crippen LogP contribution in [0.5, 0.6) is 5.75 Å². The van der Waals surface area contributed by atoms with Crippen molar-refractivity contribution in [3.05, 3.63) is 59.7 Å². The number of nitrogens with zero attached hydrogens (tertiary/aromatic N) is 1. The number of rotatable bonds is 7. The van der Waals surface area contributed by atoms with Gasteiger partial charge in [-0.3, -0.25) is 9.79 Å². The second-order valence-corrected chi connectivity index (χ2v) is 6.93. The maximum Gasteiger partial charge on any atom is 0.225 e. The van der Waals surface area contributed by atoms with Gasteiger partial charge in [0.15, 0.2) is 5.96 Å². The van der Waals surface area contributed by atoms with Crippen LogP contribution in [-0.2, 0) is 4.79 Å². The first-order valence-electron chi connectivity index (χ1n) is 9.83. The van der Waals surface area contributed by atoms with Crippen LogP contribution in [0.4, 0.5) is 5.69 Å². The lowest BCUT2D eigenvalue weighted by Gasteiger charge is -2.26. The standard InChI is InChI=1S/C22H28N4O3/c1-3-23-22(25-14-20(27)15-8-10-17(29-2)11-9-15)24-13-16-12-21(28)26-19-7-5-4-6-18(16)19/h4-11,16,20,27H,3,12-14H2,1-2H3,(H,26,28)(H2,23,24,25). The number of carbonyl (C=O) groups is 1. The van der Waals surface area contributed by atoms with Crippen LogP contribution in [0.2, 0.25) is 0 Å². The smallest absolute Gasteiger partial charge is 0.225 e. The summed E-state index contributed by atoms with van der Waals surface area (Å²) in [6.45, 7) is 3.49. The molecule has 0 bridgehead atoms. The predicted octanol–water partition coefficient (Wildman–Crippen LogP) is 2.41. The van der Waals surface area contributed by atoms with Gasteiger partial charge in [0.25, 0.3) is 0 Å². The van der Waals surface area contributed by atoms with Gasteiger partial charge >= 0.3 is 0 Å². The van der Waals surface area contributed by atoms with Crippen LogP contribution in [0.1, 0.15) is 36.5 Å². The topological polar surface area (TPSA) is 95.0 Å². The molecule has 2 atom stereocenters. The Morgan fingerprint density at radius 1 is 1.24 bits per heavy atom. The summed E-state index contributed by atoms with van der Waals surface area (Å²) in [5.74, 6) is 1.45. The van der Waals surface area contributed by atoms with Crippen molar-refractivity contribution in [2.24, 2.45) is 4.99 Å². The van der Waals surface area contributed by atoms with E-state index in [1.165, 1.54) is 0 Å². The molecule has 0 saturated carbocycles. The molecule has 3 rings (SSSR count). The minimum Gasteiger partial charge on any atom is -0.497 e. The third kappa shape index (κ3) is 5.48. The number of fused-ring (bicyclic) bond motifs is 1. The van der Waals surface area contributed by atoms with Gasteiger partial charge in [0.05, 0.1) is 19.8 Å². The zero-order valence-electron chi connectivity index (χ0n) is 16.8. The largest absolute Gasteiger partial charge is 0.497 e. The number of ether oxygens (including phenoxy) is 1. The SMILES string of the molecule is CCNC(=NCC(O)c1ccc(OC)cc1)NCC1CC(=O)Nc2ccccc21. The van der Waals surface area contributed by atoms with Gasteiger partial charge in [0.1, 0.15) is 5.75 Å². The number of carbonyl (C=O) groups excluding carboxylic acids is 1. The highest BCUT2D eigenvalue weighted by Gasteiger charge is 2.24. The third-order valence-electron chi connectivity index (χ3n) is 4.89. The van der Waals surface area contributed by atoms with Gasteiger partial charge in [0, 0.05) is 31.1 Å². The fraction of sp³-hybridized carbons (Fsp3) is 0.364. The molecule has 2 aromatic rings. The number of guanidine groups is 1. The molecule has 1 heterocycles. The van der Waals surface area contributed by atoms with Crippen LogP contribution in [-0.4, -0.2) is 43.7 Å². The van der Waals surface area contributed by atoms with Gasteiger partial charge in [-0.2, -0.15) is 0 Å². The van der Waals surface area contributed by atoms with E-state index in [1.807, 2.05) is 55.5 Å². The van der Waals surface area contributed by atoms with E-state index in [2.05, 4.69) is 20.9 Å². The number of hydrogen-bond acceptors (Lipinski definition) is 4. The zero-order valence-corrected chi connectivity index (χ0v) is 16.8. The second-order valence-electron chi connectivity index (χ2n) is 6.93.